The second-order valence-corrected chi connectivity index (χ2v) is 8.44. The molecule has 3 aliphatic heterocycles. The highest BCUT2D eigenvalue weighted by atomic mass is 35.5. The van der Waals surface area contributed by atoms with Crippen LogP contribution < -0.4 is 16.1 Å². The van der Waals surface area contributed by atoms with Gasteiger partial charge in [0, 0.05) is 24.2 Å². The van der Waals surface area contributed by atoms with Crippen LogP contribution in [0.3, 0.4) is 0 Å². The van der Waals surface area contributed by atoms with Crippen LogP contribution >= 0.6 is 11.6 Å². The number of allylic oxidation sites excluding steroid dienone is 1. The molecule has 2 atom stereocenters. The van der Waals surface area contributed by atoms with Gasteiger partial charge in [-0.15, -0.1) is 0 Å². The first kappa shape index (κ1) is 21.2. The summed E-state index contributed by atoms with van der Waals surface area (Å²) in [5.74, 6) is 0.136. The Kier molecular flexibility index (Phi) is 5.34. The average Bonchev–Trinajstić information content (AvgIpc) is 3.40. The average molecular weight is 469 g/mol. The standard InChI is InChI=1S/C20H20ClF3N6O2/c21-14-7-11(20(22,23)24)1-2-12(14)19-28-17(29-32-19)13-9-26-30-15(8-16(31)27-18(13)30)10-3-5-25-6-4-10/h1-2,7-8,10,13,18,25-26H,3-6,9H2,(H,27,31). The third-order valence-corrected chi connectivity index (χ3v) is 6.36. The van der Waals surface area contributed by atoms with E-state index >= 15 is 0 Å². The molecule has 1 amide bonds. The normalized spacial score (nSPS) is 24.3. The second-order valence-electron chi connectivity index (χ2n) is 8.04. The van der Waals surface area contributed by atoms with Crippen molar-refractivity contribution in [2.45, 2.75) is 31.1 Å². The smallest absolute Gasteiger partial charge is 0.334 e. The van der Waals surface area contributed by atoms with Gasteiger partial charge in [-0.05, 0) is 44.1 Å². The zero-order valence-corrected chi connectivity index (χ0v) is 17.5. The molecule has 2 fully saturated rings. The number of nitrogens with one attached hydrogen (secondary N) is 3. The van der Waals surface area contributed by atoms with Gasteiger partial charge in [0.1, 0.15) is 6.17 Å². The lowest BCUT2D eigenvalue weighted by Crippen LogP contribution is -2.54. The van der Waals surface area contributed by atoms with Gasteiger partial charge in [-0.25, -0.2) is 5.43 Å². The Bertz CT molecular complexity index is 1070. The van der Waals surface area contributed by atoms with Crippen LogP contribution in [0.25, 0.3) is 11.5 Å². The molecule has 170 valence electrons. The van der Waals surface area contributed by atoms with Gasteiger partial charge in [-0.1, -0.05) is 16.8 Å². The van der Waals surface area contributed by atoms with E-state index in [2.05, 4.69) is 26.2 Å². The maximum Gasteiger partial charge on any atom is 0.416 e. The SMILES string of the molecule is O=C1C=C(C2CCNCC2)N2NCC(c3noc(-c4ccc(C(F)(F)F)cc4Cl)n3)C2N1. The van der Waals surface area contributed by atoms with E-state index in [0.29, 0.717) is 12.4 Å². The molecule has 1 aromatic carbocycles. The molecule has 5 rings (SSSR count). The molecule has 0 bridgehead atoms. The van der Waals surface area contributed by atoms with E-state index in [1.807, 2.05) is 5.01 Å². The summed E-state index contributed by atoms with van der Waals surface area (Å²) >= 11 is 6.06. The van der Waals surface area contributed by atoms with Crippen LogP contribution in [-0.2, 0) is 11.0 Å². The summed E-state index contributed by atoms with van der Waals surface area (Å²) in [5.41, 5.74) is 3.61. The summed E-state index contributed by atoms with van der Waals surface area (Å²) < 4.78 is 44.0. The van der Waals surface area contributed by atoms with Gasteiger partial charge in [0.05, 0.1) is 22.1 Å². The summed E-state index contributed by atoms with van der Waals surface area (Å²) in [5, 5.41) is 12.1. The molecule has 32 heavy (non-hydrogen) atoms. The van der Waals surface area contributed by atoms with E-state index in [9.17, 15) is 18.0 Å². The number of nitrogens with zero attached hydrogens (tertiary/aromatic N) is 3. The number of alkyl halides is 3. The minimum absolute atomic E-state index is 0.0217. The van der Waals surface area contributed by atoms with Crippen LogP contribution in [-0.4, -0.2) is 46.9 Å². The molecule has 4 heterocycles. The Morgan fingerprint density at radius 3 is 2.72 bits per heavy atom. The largest absolute Gasteiger partial charge is 0.416 e. The first-order valence-electron chi connectivity index (χ1n) is 10.3. The third-order valence-electron chi connectivity index (χ3n) is 6.05. The monoisotopic (exact) mass is 468 g/mol. The van der Waals surface area contributed by atoms with Crippen LogP contribution in [0.4, 0.5) is 13.2 Å². The van der Waals surface area contributed by atoms with Crippen molar-refractivity contribution in [3.05, 3.63) is 46.4 Å². The van der Waals surface area contributed by atoms with Crippen LogP contribution in [0.15, 0.2) is 34.5 Å². The van der Waals surface area contributed by atoms with Gasteiger partial charge >= 0.3 is 6.18 Å². The number of hydrazine groups is 1. The second kappa shape index (κ2) is 8.05. The number of hydrogen-bond donors (Lipinski definition) is 3. The number of carbonyl (C=O) groups is 1. The number of amides is 1. The number of fused-ring (bicyclic) bond motifs is 1. The number of benzene rings is 1. The molecular formula is C20H20ClF3N6O2. The van der Waals surface area contributed by atoms with Crippen molar-refractivity contribution in [2.75, 3.05) is 19.6 Å². The van der Waals surface area contributed by atoms with Crippen molar-refractivity contribution in [1.82, 2.24) is 31.2 Å². The quantitative estimate of drug-likeness (QED) is 0.637. The summed E-state index contributed by atoms with van der Waals surface area (Å²) in [7, 11) is 0. The maximum atomic E-state index is 12.9. The Hall–Kier alpha value is -2.63. The predicted octanol–water partition coefficient (Wildman–Crippen LogP) is 2.65. The highest BCUT2D eigenvalue weighted by molar-refractivity contribution is 6.33. The fraction of sp³-hybridized carbons (Fsp3) is 0.450. The van der Waals surface area contributed by atoms with E-state index < -0.39 is 17.9 Å². The molecule has 3 N–H and O–H groups in total. The molecule has 2 aromatic rings. The van der Waals surface area contributed by atoms with Crippen molar-refractivity contribution in [2.24, 2.45) is 5.92 Å². The Morgan fingerprint density at radius 2 is 2.00 bits per heavy atom. The molecule has 2 saturated heterocycles. The molecular weight excluding hydrogens is 449 g/mol. The lowest BCUT2D eigenvalue weighted by Gasteiger charge is -2.38. The molecule has 12 heteroatoms. The van der Waals surface area contributed by atoms with Crippen molar-refractivity contribution < 1.29 is 22.5 Å². The number of halogens is 4. The Morgan fingerprint density at radius 1 is 1.22 bits per heavy atom. The van der Waals surface area contributed by atoms with Gasteiger partial charge in [0.2, 0.25) is 5.91 Å². The van der Waals surface area contributed by atoms with Gasteiger partial charge in [0.15, 0.2) is 5.82 Å². The van der Waals surface area contributed by atoms with E-state index in [-0.39, 0.29) is 34.2 Å². The molecule has 0 saturated carbocycles. The molecule has 0 spiro atoms. The minimum atomic E-state index is -4.50. The zero-order chi connectivity index (χ0) is 22.5. The van der Waals surface area contributed by atoms with Crippen LogP contribution in [0.1, 0.15) is 30.1 Å². The maximum absolute atomic E-state index is 12.9. The minimum Gasteiger partial charge on any atom is -0.334 e. The van der Waals surface area contributed by atoms with Gasteiger partial charge in [-0.3, -0.25) is 9.80 Å². The molecule has 0 radical (unpaired) electrons. The van der Waals surface area contributed by atoms with Crippen molar-refractivity contribution in [3.8, 4) is 11.5 Å². The topological polar surface area (TPSA) is 95.3 Å². The van der Waals surface area contributed by atoms with E-state index in [0.717, 1.165) is 43.8 Å². The fourth-order valence-electron chi connectivity index (χ4n) is 4.42. The number of aromatic nitrogens is 2. The van der Waals surface area contributed by atoms with Crippen molar-refractivity contribution in [3.63, 3.8) is 0 Å². The van der Waals surface area contributed by atoms with Crippen LogP contribution in [0.2, 0.25) is 5.02 Å². The lowest BCUT2D eigenvalue weighted by molar-refractivity contribution is -0.137. The fourth-order valence-corrected chi connectivity index (χ4v) is 4.68. The van der Waals surface area contributed by atoms with Gasteiger partial charge < -0.3 is 15.2 Å². The highest BCUT2D eigenvalue weighted by Gasteiger charge is 2.44. The summed E-state index contributed by atoms with van der Waals surface area (Å²) in [6, 6.07) is 2.96. The highest BCUT2D eigenvalue weighted by Crippen LogP contribution is 2.37. The van der Waals surface area contributed by atoms with Gasteiger partial charge in [0.25, 0.3) is 5.89 Å². The molecule has 0 aliphatic carbocycles. The summed E-state index contributed by atoms with van der Waals surface area (Å²) in [6.07, 6.45) is -1.39. The summed E-state index contributed by atoms with van der Waals surface area (Å²) in [4.78, 5) is 16.8. The van der Waals surface area contributed by atoms with Crippen LogP contribution in [0.5, 0.6) is 0 Å². The first-order valence-corrected chi connectivity index (χ1v) is 10.7. The predicted molar refractivity (Wildman–Crippen MR) is 108 cm³/mol. The number of piperidine rings is 1. The lowest BCUT2D eigenvalue weighted by atomic mass is 9.92. The van der Waals surface area contributed by atoms with Crippen LogP contribution in [0, 0.1) is 5.92 Å². The number of rotatable bonds is 3. The van der Waals surface area contributed by atoms with Crippen molar-refractivity contribution >= 4 is 17.5 Å². The molecule has 3 aliphatic rings. The van der Waals surface area contributed by atoms with E-state index in [4.69, 9.17) is 16.1 Å². The van der Waals surface area contributed by atoms with Gasteiger partial charge in [-0.2, -0.15) is 18.2 Å². The first-order chi connectivity index (χ1) is 15.3. The molecule has 1 aromatic heterocycles. The van der Waals surface area contributed by atoms with E-state index in [1.54, 1.807) is 6.08 Å². The Labute approximate surface area is 186 Å². The number of carbonyl (C=O) groups excluding carboxylic acids is 1. The Balaban J connectivity index is 1.38. The van der Waals surface area contributed by atoms with Crippen molar-refractivity contribution in [1.29, 1.82) is 0 Å². The van der Waals surface area contributed by atoms with E-state index in [1.165, 1.54) is 6.07 Å². The molecule has 8 nitrogen and oxygen atoms in total. The summed E-state index contributed by atoms with van der Waals surface area (Å²) in [6.45, 7) is 2.26. The third kappa shape index (κ3) is 3.84. The zero-order valence-electron chi connectivity index (χ0n) is 16.7. The number of hydrogen-bond acceptors (Lipinski definition) is 7. The molecule has 2 unspecified atom stereocenters.